The molecule has 0 fully saturated rings. The molecule has 0 aromatic rings. The van der Waals surface area contributed by atoms with Crippen LogP contribution in [0.25, 0.3) is 0 Å². The third kappa shape index (κ3) is 4.31. The molecule has 0 amide bonds. The molecule has 0 spiro atoms. The number of rotatable bonds is 4. The normalized spacial score (nSPS) is 14.9. The molecule has 0 aliphatic heterocycles. The number of hydrogen-bond donors (Lipinski definition) is 1. The van der Waals surface area contributed by atoms with Gasteiger partial charge < -0.3 is 0 Å². The molecule has 0 saturated heterocycles. The molecule has 13 heteroatoms. The number of nitrogens with one attached hydrogen (secondary N) is 1. The van der Waals surface area contributed by atoms with Gasteiger partial charge in [0, 0.05) is 0 Å². The zero-order valence-corrected chi connectivity index (χ0v) is 9.26. The highest BCUT2D eigenvalue weighted by molar-refractivity contribution is 7.93. The van der Waals surface area contributed by atoms with Gasteiger partial charge in [-0.05, 0) is 0 Å². The second kappa shape index (κ2) is 4.61. The van der Waals surface area contributed by atoms with E-state index in [0.717, 1.165) is 5.32 Å². The maximum Gasteiger partial charge on any atom is 0.498 e. The number of hydrogen-bond acceptors (Lipinski definition) is 5. The third-order valence-corrected chi connectivity index (χ3v) is 3.87. The van der Waals surface area contributed by atoms with Crippen LogP contribution in [0.4, 0.5) is 26.3 Å². The zero-order chi connectivity index (χ0) is 14.1. The van der Waals surface area contributed by atoms with E-state index in [4.69, 9.17) is 0 Å². The summed E-state index contributed by atoms with van der Waals surface area (Å²) >= 11 is 0. The van der Waals surface area contributed by atoms with Crippen molar-refractivity contribution in [2.45, 2.75) is 11.0 Å². The first kappa shape index (κ1) is 16.4. The monoisotopic (exact) mass is 309 g/mol. The SMILES string of the molecule is O=S(=O)(CNCS(=O)(=O)C(F)(F)F)C(F)(F)F. The Morgan fingerprint density at radius 2 is 0.941 bits per heavy atom. The van der Waals surface area contributed by atoms with Gasteiger partial charge in [0.15, 0.2) is 0 Å². The van der Waals surface area contributed by atoms with E-state index in [1.807, 2.05) is 0 Å². The lowest BCUT2D eigenvalue weighted by Gasteiger charge is -2.10. The predicted molar refractivity (Wildman–Crippen MR) is 42.8 cm³/mol. The highest BCUT2D eigenvalue weighted by Crippen LogP contribution is 2.24. The van der Waals surface area contributed by atoms with Crippen LogP contribution in [0.15, 0.2) is 0 Å². The van der Waals surface area contributed by atoms with Gasteiger partial charge in [-0.25, -0.2) is 16.8 Å². The molecule has 5 nitrogen and oxygen atoms in total. The van der Waals surface area contributed by atoms with Gasteiger partial charge in [-0.3, -0.25) is 5.32 Å². The summed E-state index contributed by atoms with van der Waals surface area (Å²) in [4.78, 5) is 0. The molecule has 104 valence electrons. The van der Waals surface area contributed by atoms with Gasteiger partial charge in [-0.15, -0.1) is 0 Å². The minimum absolute atomic E-state index is 1.06. The molecular formula is C4H5F6NO4S2. The molecule has 0 unspecified atom stereocenters. The quantitative estimate of drug-likeness (QED) is 0.759. The summed E-state index contributed by atoms with van der Waals surface area (Å²) in [6.45, 7) is 0. The fourth-order valence-corrected chi connectivity index (χ4v) is 1.67. The minimum atomic E-state index is -5.71. The standard InChI is InChI=1S/C4H5F6NO4S2/c5-3(6,7)16(12,13)1-11-2-17(14,15)4(8,9)10/h11H,1-2H2. The van der Waals surface area contributed by atoms with E-state index in [1.54, 1.807) is 0 Å². The lowest BCUT2D eigenvalue weighted by atomic mass is 11.2. The molecule has 0 aromatic carbocycles. The van der Waals surface area contributed by atoms with Crippen molar-refractivity contribution in [2.24, 2.45) is 0 Å². The van der Waals surface area contributed by atoms with Crippen LogP contribution in [0.3, 0.4) is 0 Å². The summed E-state index contributed by atoms with van der Waals surface area (Å²) in [6, 6.07) is 0. The predicted octanol–water partition coefficient (Wildman–Crippen LogP) is 0.360. The van der Waals surface area contributed by atoms with Gasteiger partial charge >= 0.3 is 11.0 Å². The Hall–Kier alpha value is -0.560. The first-order valence-electron chi connectivity index (χ1n) is 3.49. The Balaban J connectivity index is 4.58. The van der Waals surface area contributed by atoms with Crippen molar-refractivity contribution >= 4 is 19.7 Å². The van der Waals surface area contributed by atoms with Gasteiger partial charge in [0.1, 0.15) is 11.8 Å². The molecular weight excluding hydrogens is 304 g/mol. The Morgan fingerprint density at radius 1 is 0.706 bits per heavy atom. The number of halogens is 6. The van der Waals surface area contributed by atoms with E-state index in [-0.39, 0.29) is 0 Å². The molecule has 0 atom stereocenters. The molecule has 17 heavy (non-hydrogen) atoms. The van der Waals surface area contributed by atoms with Crippen LogP contribution in [0.2, 0.25) is 0 Å². The Bertz CT molecular complexity index is 415. The van der Waals surface area contributed by atoms with E-state index < -0.39 is 42.4 Å². The van der Waals surface area contributed by atoms with Crippen molar-refractivity contribution in [1.29, 1.82) is 0 Å². The number of sulfone groups is 2. The highest BCUT2D eigenvalue weighted by atomic mass is 32.2. The fraction of sp³-hybridized carbons (Fsp3) is 1.00. The van der Waals surface area contributed by atoms with Crippen molar-refractivity contribution in [3.05, 3.63) is 0 Å². The average Bonchev–Trinajstić information content (AvgIpc) is 1.98. The van der Waals surface area contributed by atoms with Crippen molar-refractivity contribution in [2.75, 3.05) is 11.8 Å². The summed E-state index contributed by atoms with van der Waals surface area (Å²) in [6.07, 6.45) is 0. The van der Waals surface area contributed by atoms with Crippen molar-refractivity contribution < 1.29 is 43.2 Å². The third-order valence-electron chi connectivity index (χ3n) is 1.29. The second-order valence-electron chi connectivity index (χ2n) is 2.66. The highest BCUT2D eigenvalue weighted by Gasteiger charge is 2.47. The second-order valence-corrected chi connectivity index (χ2v) is 6.62. The first-order chi connectivity index (χ1) is 7.21. The summed E-state index contributed by atoms with van der Waals surface area (Å²) < 4.78 is 111. The topological polar surface area (TPSA) is 80.3 Å². The summed E-state index contributed by atoms with van der Waals surface area (Å²) in [5.74, 6) is -3.91. The molecule has 0 aliphatic carbocycles. The van der Waals surface area contributed by atoms with Crippen LogP contribution in [0, 0.1) is 0 Å². The van der Waals surface area contributed by atoms with Crippen LogP contribution >= 0.6 is 0 Å². The Morgan fingerprint density at radius 3 is 1.12 bits per heavy atom. The fourth-order valence-electron chi connectivity index (χ4n) is 0.474. The van der Waals surface area contributed by atoms with Crippen molar-refractivity contribution in [3.63, 3.8) is 0 Å². The van der Waals surface area contributed by atoms with Gasteiger partial charge in [0.05, 0.1) is 0 Å². The molecule has 0 rings (SSSR count). The van der Waals surface area contributed by atoms with E-state index in [1.165, 1.54) is 0 Å². The zero-order valence-electron chi connectivity index (χ0n) is 7.63. The molecule has 0 aliphatic rings. The van der Waals surface area contributed by atoms with Gasteiger partial charge in [-0.1, -0.05) is 0 Å². The van der Waals surface area contributed by atoms with Crippen molar-refractivity contribution in [1.82, 2.24) is 5.32 Å². The van der Waals surface area contributed by atoms with E-state index in [0.29, 0.717) is 0 Å². The largest absolute Gasteiger partial charge is 0.498 e. The van der Waals surface area contributed by atoms with Crippen LogP contribution in [-0.2, 0) is 19.7 Å². The summed E-state index contributed by atoms with van der Waals surface area (Å²) in [5.41, 5.74) is -11.3. The average molecular weight is 309 g/mol. The van der Waals surface area contributed by atoms with E-state index >= 15 is 0 Å². The molecule has 0 aromatic heterocycles. The summed E-state index contributed by atoms with van der Waals surface area (Å²) in [7, 11) is -11.4. The molecule has 0 radical (unpaired) electrons. The van der Waals surface area contributed by atoms with Gasteiger partial charge in [-0.2, -0.15) is 26.3 Å². The molecule has 1 N–H and O–H groups in total. The maximum atomic E-state index is 11.7. The van der Waals surface area contributed by atoms with Crippen molar-refractivity contribution in [3.8, 4) is 0 Å². The molecule has 0 saturated carbocycles. The number of alkyl halides is 6. The van der Waals surface area contributed by atoms with Gasteiger partial charge in [0.25, 0.3) is 19.7 Å². The van der Waals surface area contributed by atoms with Gasteiger partial charge in [0.2, 0.25) is 0 Å². The maximum absolute atomic E-state index is 11.7. The van der Waals surface area contributed by atoms with E-state index in [9.17, 15) is 43.2 Å². The minimum Gasteiger partial charge on any atom is -0.290 e. The van der Waals surface area contributed by atoms with Crippen LogP contribution in [0.5, 0.6) is 0 Å². The Kier molecular flexibility index (Phi) is 4.45. The lowest BCUT2D eigenvalue weighted by Crippen LogP contribution is -2.39. The molecule has 0 heterocycles. The van der Waals surface area contributed by atoms with Crippen LogP contribution < -0.4 is 5.32 Å². The van der Waals surface area contributed by atoms with Crippen LogP contribution in [-0.4, -0.2) is 39.6 Å². The smallest absolute Gasteiger partial charge is 0.290 e. The first-order valence-corrected chi connectivity index (χ1v) is 6.80. The van der Waals surface area contributed by atoms with Crippen LogP contribution in [0.1, 0.15) is 0 Å². The Labute approximate surface area is 91.6 Å². The molecule has 0 bridgehead atoms. The summed E-state index contributed by atoms with van der Waals surface area (Å²) in [5, 5.41) is 1.06. The lowest BCUT2D eigenvalue weighted by molar-refractivity contribution is -0.0438. The van der Waals surface area contributed by atoms with E-state index in [2.05, 4.69) is 0 Å².